The van der Waals surface area contributed by atoms with Crippen LogP contribution in [0.15, 0.2) is 16.6 Å². The summed E-state index contributed by atoms with van der Waals surface area (Å²) in [5, 5.41) is 0.643. The lowest BCUT2D eigenvalue weighted by Gasteiger charge is -2.35. The average molecular weight is 477 g/mol. The fraction of sp³-hybridized carbons (Fsp3) is 0.632. The molecule has 3 rings (SSSR count). The van der Waals surface area contributed by atoms with Gasteiger partial charge in [-0.1, -0.05) is 11.6 Å². The van der Waals surface area contributed by atoms with Crippen molar-refractivity contribution in [3.63, 3.8) is 0 Å². The standard InChI is InChI=1S/C19H27BrClN3O4/c20-16-13-15(21)11-14-12-17(28-18(14)16)19(25)24-4-2-23(3-5-24)6-8-27-10-9-26-7-1-22/h11,13,17H,1-10,12,22H2. The van der Waals surface area contributed by atoms with Crippen molar-refractivity contribution in [2.24, 2.45) is 5.73 Å². The first-order valence-electron chi connectivity index (χ1n) is 9.59. The molecule has 156 valence electrons. The molecule has 1 atom stereocenters. The largest absolute Gasteiger partial charge is 0.479 e. The summed E-state index contributed by atoms with van der Waals surface area (Å²) in [6.07, 6.45) is 0.0984. The van der Waals surface area contributed by atoms with Crippen LogP contribution in [0, 0.1) is 0 Å². The molecule has 0 aromatic heterocycles. The summed E-state index contributed by atoms with van der Waals surface area (Å²) in [4.78, 5) is 17.0. The van der Waals surface area contributed by atoms with E-state index in [0.29, 0.717) is 57.5 Å². The summed E-state index contributed by atoms with van der Waals surface area (Å²) in [6.45, 7) is 6.87. The molecule has 1 fully saturated rings. The Morgan fingerprint density at radius 3 is 2.61 bits per heavy atom. The Balaban J connectivity index is 1.36. The number of halogens is 2. The summed E-state index contributed by atoms with van der Waals surface area (Å²) in [5.74, 6) is 0.779. The lowest BCUT2D eigenvalue weighted by molar-refractivity contribution is -0.139. The Morgan fingerprint density at radius 2 is 1.89 bits per heavy atom. The SMILES string of the molecule is NCCOCCOCCN1CCN(C(=O)C2Cc3cc(Cl)cc(Br)c3O2)CC1. The van der Waals surface area contributed by atoms with Gasteiger partial charge in [-0.25, -0.2) is 0 Å². The molecule has 2 heterocycles. The van der Waals surface area contributed by atoms with Crippen molar-refractivity contribution in [2.45, 2.75) is 12.5 Å². The van der Waals surface area contributed by atoms with E-state index in [4.69, 9.17) is 31.5 Å². The van der Waals surface area contributed by atoms with Crippen molar-refractivity contribution in [1.29, 1.82) is 0 Å². The lowest BCUT2D eigenvalue weighted by Crippen LogP contribution is -2.52. The van der Waals surface area contributed by atoms with Crippen LogP contribution < -0.4 is 10.5 Å². The third kappa shape index (κ3) is 5.81. The third-order valence-electron chi connectivity index (χ3n) is 4.90. The molecule has 0 aliphatic carbocycles. The van der Waals surface area contributed by atoms with Gasteiger partial charge < -0.3 is 24.8 Å². The Hall–Kier alpha value is -0.900. The maximum atomic E-state index is 12.8. The lowest BCUT2D eigenvalue weighted by atomic mass is 10.1. The Labute approximate surface area is 179 Å². The van der Waals surface area contributed by atoms with Crippen molar-refractivity contribution < 1.29 is 19.0 Å². The number of hydrogen-bond acceptors (Lipinski definition) is 6. The maximum absolute atomic E-state index is 12.8. The number of ether oxygens (including phenoxy) is 3. The maximum Gasteiger partial charge on any atom is 0.264 e. The third-order valence-corrected chi connectivity index (χ3v) is 5.70. The Kier molecular flexibility index (Phi) is 8.37. The quantitative estimate of drug-likeness (QED) is 0.545. The highest BCUT2D eigenvalue weighted by Crippen LogP contribution is 2.38. The average Bonchev–Trinajstić information content (AvgIpc) is 3.11. The van der Waals surface area contributed by atoms with Crippen LogP contribution in [0.4, 0.5) is 0 Å². The second kappa shape index (κ2) is 10.8. The van der Waals surface area contributed by atoms with E-state index in [-0.39, 0.29) is 5.91 Å². The van der Waals surface area contributed by atoms with Crippen LogP contribution in [0.2, 0.25) is 5.02 Å². The van der Waals surface area contributed by atoms with E-state index in [1.54, 1.807) is 6.07 Å². The number of benzene rings is 1. The topological polar surface area (TPSA) is 77.3 Å². The number of amides is 1. The van der Waals surface area contributed by atoms with E-state index in [0.717, 1.165) is 35.4 Å². The van der Waals surface area contributed by atoms with Gasteiger partial charge in [-0.2, -0.15) is 0 Å². The molecule has 28 heavy (non-hydrogen) atoms. The number of nitrogens with two attached hydrogens (primary N) is 1. The first-order valence-corrected chi connectivity index (χ1v) is 10.8. The molecule has 2 N–H and O–H groups in total. The molecule has 9 heteroatoms. The van der Waals surface area contributed by atoms with Gasteiger partial charge in [-0.15, -0.1) is 0 Å². The number of hydrogen-bond donors (Lipinski definition) is 1. The molecule has 0 saturated carbocycles. The predicted molar refractivity (Wildman–Crippen MR) is 111 cm³/mol. The Bertz CT molecular complexity index is 671. The molecule has 1 aromatic carbocycles. The van der Waals surface area contributed by atoms with Gasteiger partial charge in [0.2, 0.25) is 0 Å². The zero-order valence-electron chi connectivity index (χ0n) is 15.9. The number of fused-ring (bicyclic) bond motifs is 1. The first kappa shape index (κ1) is 21.8. The van der Waals surface area contributed by atoms with E-state index in [1.165, 1.54) is 0 Å². The minimum Gasteiger partial charge on any atom is -0.479 e. The van der Waals surface area contributed by atoms with Crippen LogP contribution >= 0.6 is 27.5 Å². The summed E-state index contributed by atoms with van der Waals surface area (Å²) in [5.41, 5.74) is 6.33. The zero-order chi connectivity index (χ0) is 19.9. The molecule has 1 aromatic rings. The highest BCUT2D eigenvalue weighted by molar-refractivity contribution is 9.10. The zero-order valence-corrected chi connectivity index (χ0v) is 18.2. The van der Waals surface area contributed by atoms with Crippen LogP contribution in [0.25, 0.3) is 0 Å². The fourth-order valence-corrected chi connectivity index (χ4v) is 4.38. The monoisotopic (exact) mass is 475 g/mol. The molecule has 0 spiro atoms. The van der Waals surface area contributed by atoms with Crippen molar-refractivity contribution in [3.8, 4) is 5.75 Å². The van der Waals surface area contributed by atoms with Crippen LogP contribution in [0.3, 0.4) is 0 Å². The number of piperazine rings is 1. The molecule has 0 radical (unpaired) electrons. The van der Waals surface area contributed by atoms with E-state index in [9.17, 15) is 4.79 Å². The molecule has 2 aliphatic rings. The molecule has 7 nitrogen and oxygen atoms in total. The van der Waals surface area contributed by atoms with Gasteiger partial charge in [0.25, 0.3) is 5.91 Å². The Morgan fingerprint density at radius 1 is 1.18 bits per heavy atom. The molecule has 0 bridgehead atoms. The van der Waals surface area contributed by atoms with E-state index in [1.807, 2.05) is 11.0 Å². The summed E-state index contributed by atoms with van der Waals surface area (Å²) in [7, 11) is 0. The van der Waals surface area contributed by atoms with Gasteiger partial charge in [0.1, 0.15) is 5.75 Å². The molecule has 1 amide bonds. The van der Waals surface area contributed by atoms with E-state index < -0.39 is 6.10 Å². The second-order valence-electron chi connectivity index (χ2n) is 6.87. The van der Waals surface area contributed by atoms with Gasteiger partial charge >= 0.3 is 0 Å². The van der Waals surface area contributed by atoms with Gasteiger partial charge in [-0.3, -0.25) is 9.69 Å². The highest BCUT2D eigenvalue weighted by atomic mass is 79.9. The highest BCUT2D eigenvalue weighted by Gasteiger charge is 2.35. The van der Waals surface area contributed by atoms with Crippen molar-refractivity contribution in [1.82, 2.24) is 9.80 Å². The van der Waals surface area contributed by atoms with Crippen LogP contribution in [-0.4, -0.2) is 87.5 Å². The van der Waals surface area contributed by atoms with Crippen molar-refractivity contribution in [2.75, 3.05) is 65.7 Å². The molecule has 1 unspecified atom stereocenters. The predicted octanol–water partition coefficient (Wildman–Crippen LogP) is 1.54. The van der Waals surface area contributed by atoms with Crippen LogP contribution in [0.5, 0.6) is 5.75 Å². The van der Waals surface area contributed by atoms with Gasteiger partial charge in [0, 0.05) is 56.3 Å². The molecular formula is C19H27BrClN3O4. The van der Waals surface area contributed by atoms with Crippen LogP contribution in [0.1, 0.15) is 5.56 Å². The first-order chi connectivity index (χ1) is 13.6. The van der Waals surface area contributed by atoms with Crippen LogP contribution in [-0.2, 0) is 20.7 Å². The molecule has 1 saturated heterocycles. The smallest absolute Gasteiger partial charge is 0.264 e. The number of carbonyl (C=O) groups is 1. The number of carbonyl (C=O) groups excluding carboxylic acids is 1. The minimum atomic E-state index is -0.465. The fourth-order valence-electron chi connectivity index (χ4n) is 3.41. The van der Waals surface area contributed by atoms with E-state index >= 15 is 0 Å². The molecule has 2 aliphatic heterocycles. The summed E-state index contributed by atoms with van der Waals surface area (Å²) >= 11 is 9.56. The van der Waals surface area contributed by atoms with Crippen molar-refractivity contribution in [3.05, 3.63) is 27.2 Å². The minimum absolute atomic E-state index is 0.0483. The second-order valence-corrected chi connectivity index (χ2v) is 8.16. The molecular weight excluding hydrogens is 450 g/mol. The normalized spacial score (nSPS) is 19.5. The van der Waals surface area contributed by atoms with E-state index in [2.05, 4.69) is 20.8 Å². The van der Waals surface area contributed by atoms with Crippen molar-refractivity contribution >= 4 is 33.4 Å². The summed E-state index contributed by atoms with van der Waals surface area (Å²) < 4.78 is 17.5. The number of nitrogens with zero attached hydrogens (tertiary/aromatic N) is 2. The van der Waals surface area contributed by atoms with Gasteiger partial charge in [0.15, 0.2) is 6.10 Å². The summed E-state index contributed by atoms with van der Waals surface area (Å²) in [6, 6.07) is 3.66. The van der Waals surface area contributed by atoms with Gasteiger partial charge in [0.05, 0.1) is 30.9 Å². The number of rotatable bonds is 9. The van der Waals surface area contributed by atoms with Gasteiger partial charge in [-0.05, 0) is 28.1 Å².